The van der Waals surface area contributed by atoms with E-state index < -0.39 is 0 Å². The maximum Gasteiger partial charge on any atom is 0.207 e. The Kier molecular flexibility index (Phi) is 4.35. The summed E-state index contributed by atoms with van der Waals surface area (Å²) in [5, 5.41) is 2.84. The molecule has 0 aliphatic heterocycles. The Hall–Kier alpha value is -2.09. The van der Waals surface area contributed by atoms with Crippen LogP contribution in [0.2, 0.25) is 0 Å². The Bertz CT molecular complexity index is 545. The summed E-state index contributed by atoms with van der Waals surface area (Å²) in [4.78, 5) is 10.6. The molecule has 0 saturated heterocycles. The first kappa shape index (κ1) is 13.3. The van der Waals surface area contributed by atoms with Gasteiger partial charge < -0.3 is 5.32 Å². The molecular weight excluding hydrogens is 234 g/mol. The molecule has 98 valence electrons. The lowest BCUT2D eigenvalue weighted by molar-refractivity contribution is -0.110. The number of hydrogen-bond donors (Lipinski definition) is 1. The number of nitrogens with one attached hydrogen (secondary N) is 1. The second kappa shape index (κ2) is 6.19. The third-order valence-corrected chi connectivity index (χ3v) is 3.45. The Morgan fingerprint density at radius 3 is 2.37 bits per heavy atom. The summed E-state index contributed by atoms with van der Waals surface area (Å²) in [6.45, 7) is 4.18. The van der Waals surface area contributed by atoms with Gasteiger partial charge in [-0.25, -0.2) is 0 Å². The SMILES string of the molecule is CCC(NC=O)c1ccc(-c2ccccc2C)cc1. The number of carbonyl (C=O) groups excluding carboxylic acids is 1. The second-order valence-electron chi connectivity index (χ2n) is 4.68. The fourth-order valence-corrected chi connectivity index (χ4v) is 2.32. The van der Waals surface area contributed by atoms with E-state index in [1.165, 1.54) is 16.7 Å². The van der Waals surface area contributed by atoms with Gasteiger partial charge in [0.1, 0.15) is 0 Å². The maximum atomic E-state index is 10.6. The first-order chi connectivity index (χ1) is 9.26. The lowest BCUT2D eigenvalue weighted by Gasteiger charge is -2.15. The standard InChI is InChI=1S/C17H19NO/c1-3-17(18-12-19)15-10-8-14(9-11-15)16-7-5-4-6-13(16)2/h4-12,17H,3H2,1-2H3,(H,18,19). The van der Waals surface area contributed by atoms with Gasteiger partial charge in [0.25, 0.3) is 0 Å². The van der Waals surface area contributed by atoms with E-state index in [1.54, 1.807) is 0 Å². The van der Waals surface area contributed by atoms with Crippen LogP contribution in [0.15, 0.2) is 48.5 Å². The number of carbonyl (C=O) groups is 1. The molecule has 2 heteroatoms. The molecule has 0 aliphatic rings. The van der Waals surface area contributed by atoms with Crippen molar-refractivity contribution in [1.29, 1.82) is 0 Å². The van der Waals surface area contributed by atoms with E-state index in [1.807, 2.05) is 6.07 Å². The maximum absolute atomic E-state index is 10.6. The Morgan fingerprint density at radius 1 is 1.11 bits per heavy atom. The molecule has 2 nitrogen and oxygen atoms in total. The Labute approximate surface area is 114 Å². The van der Waals surface area contributed by atoms with Gasteiger partial charge in [0.15, 0.2) is 0 Å². The molecule has 0 aromatic heterocycles. The Morgan fingerprint density at radius 2 is 1.79 bits per heavy atom. The van der Waals surface area contributed by atoms with E-state index in [-0.39, 0.29) is 6.04 Å². The van der Waals surface area contributed by atoms with Crippen molar-refractivity contribution in [2.45, 2.75) is 26.3 Å². The minimum atomic E-state index is 0.100. The highest BCUT2D eigenvalue weighted by Crippen LogP contribution is 2.25. The summed E-state index contributed by atoms with van der Waals surface area (Å²) < 4.78 is 0. The van der Waals surface area contributed by atoms with Crippen LogP contribution in [0.4, 0.5) is 0 Å². The van der Waals surface area contributed by atoms with Crippen LogP contribution in [0.25, 0.3) is 11.1 Å². The van der Waals surface area contributed by atoms with Crippen LogP contribution in [-0.4, -0.2) is 6.41 Å². The van der Waals surface area contributed by atoms with Crippen LogP contribution in [0.5, 0.6) is 0 Å². The van der Waals surface area contributed by atoms with Crippen molar-refractivity contribution in [1.82, 2.24) is 5.32 Å². The van der Waals surface area contributed by atoms with E-state index in [9.17, 15) is 4.79 Å². The summed E-state index contributed by atoms with van der Waals surface area (Å²) in [7, 11) is 0. The smallest absolute Gasteiger partial charge is 0.207 e. The summed E-state index contributed by atoms with van der Waals surface area (Å²) in [5.41, 5.74) is 4.88. The van der Waals surface area contributed by atoms with Gasteiger partial charge >= 0.3 is 0 Å². The van der Waals surface area contributed by atoms with E-state index in [0.717, 1.165) is 18.4 Å². The van der Waals surface area contributed by atoms with Gasteiger partial charge in [-0.2, -0.15) is 0 Å². The molecule has 0 aliphatic carbocycles. The number of rotatable bonds is 5. The minimum absolute atomic E-state index is 0.100. The fourth-order valence-electron chi connectivity index (χ4n) is 2.32. The van der Waals surface area contributed by atoms with Crippen LogP contribution >= 0.6 is 0 Å². The van der Waals surface area contributed by atoms with Gasteiger partial charge in [-0.1, -0.05) is 55.5 Å². The highest BCUT2D eigenvalue weighted by atomic mass is 16.1. The number of benzene rings is 2. The molecule has 0 heterocycles. The molecule has 2 rings (SSSR count). The van der Waals surface area contributed by atoms with Crippen molar-refractivity contribution in [2.24, 2.45) is 0 Å². The van der Waals surface area contributed by atoms with Crippen molar-refractivity contribution in [3.05, 3.63) is 59.7 Å². The zero-order valence-electron chi connectivity index (χ0n) is 11.4. The van der Waals surface area contributed by atoms with Crippen LogP contribution in [0.1, 0.15) is 30.5 Å². The third-order valence-electron chi connectivity index (χ3n) is 3.45. The molecule has 19 heavy (non-hydrogen) atoms. The molecule has 1 atom stereocenters. The summed E-state index contributed by atoms with van der Waals surface area (Å²) in [6, 6.07) is 16.9. The average Bonchev–Trinajstić information content (AvgIpc) is 2.46. The van der Waals surface area contributed by atoms with Crippen LogP contribution < -0.4 is 5.32 Å². The van der Waals surface area contributed by atoms with E-state index in [2.05, 4.69) is 61.6 Å². The van der Waals surface area contributed by atoms with Crippen LogP contribution in [0, 0.1) is 6.92 Å². The zero-order valence-corrected chi connectivity index (χ0v) is 11.4. The fraction of sp³-hybridized carbons (Fsp3) is 0.235. The van der Waals surface area contributed by atoms with Crippen molar-refractivity contribution in [3.8, 4) is 11.1 Å². The molecule has 0 fully saturated rings. The van der Waals surface area contributed by atoms with Gasteiger partial charge in [-0.05, 0) is 35.6 Å². The minimum Gasteiger partial charge on any atom is -0.352 e. The monoisotopic (exact) mass is 253 g/mol. The number of aryl methyl sites for hydroxylation is 1. The zero-order chi connectivity index (χ0) is 13.7. The highest BCUT2D eigenvalue weighted by Gasteiger charge is 2.08. The van der Waals surface area contributed by atoms with E-state index in [4.69, 9.17) is 0 Å². The van der Waals surface area contributed by atoms with Gasteiger partial charge in [0.05, 0.1) is 6.04 Å². The molecule has 1 amide bonds. The van der Waals surface area contributed by atoms with Gasteiger partial charge in [-0.15, -0.1) is 0 Å². The van der Waals surface area contributed by atoms with Gasteiger partial charge in [0, 0.05) is 0 Å². The van der Waals surface area contributed by atoms with Crippen molar-refractivity contribution in [3.63, 3.8) is 0 Å². The molecule has 0 radical (unpaired) electrons. The molecule has 2 aromatic rings. The predicted molar refractivity (Wildman–Crippen MR) is 78.8 cm³/mol. The third kappa shape index (κ3) is 3.02. The van der Waals surface area contributed by atoms with E-state index in [0.29, 0.717) is 0 Å². The molecule has 1 unspecified atom stereocenters. The largest absolute Gasteiger partial charge is 0.352 e. The first-order valence-corrected chi connectivity index (χ1v) is 6.62. The lowest BCUT2D eigenvalue weighted by Crippen LogP contribution is -2.18. The number of amides is 1. The average molecular weight is 253 g/mol. The lowest BCUT2D eigenvalue weighted by atomic mass is 9.97. The molecule has 2 aromatic carbocycles. The van der Waals surface area contributed by atoms with Gasteiger partial charge in [-0.3, -0.25) is 4.79 Å². The molecule has 0 saturated carbocycles. The normalized spacial score (nSPS) is 11.9. The predicted octanol–water partition coefficient (Wildman–Crippen LogP) is 3.86. The highest BCUT2D eigenvalue weighted by molar-refractivity contribution is 5.67. The second-order valence-corrected chi connectivity index (χ2v) is 4.68. The first-order valence-electron chi connectivity index (χ1n) is 6.62. The Balaban J connectivity index is 2.28. The van der Waals surface area contributed by atoms with Crippen LogP contribution in [0.3, 0.4) is 0 Å². The van der Waals surface area contributed by atoms with E-state index >= 15 is 0 Å². The van der Waals surface area contributed by atoms with Crippen molar-refractivity contribution in [2.75, 3.05) is 0 Å². The van der Waals surface area contributed by atoms with Crippen molar-refractivity contribution >= 4 is 6.41 Å². The van der Waals surface area contributed by atoms with Crippen LogP contribution in [-0.2, 0) is 4.79 Å². The number of hydrogen-bond acceptors (Lipinski definition) is 1. The summed E-state index contributed by atoms with van der Waals surface area (Å²) in [6.07, 6.45) is 1.66. The quantitative estimate of drug-likeness (QED) is 0.805. The molecule has 1 N–H and O–H groups in total. The molecule has 0 bridgehead atoms. The van der Waals surface area contributed by atoms with Gasteiger partial charge in [0.2, 0.25) is 6.41 Å². The van der Waals surface area contributed by atoms with Crippen molar-refractivity contribution < 1.29 is 4.79 Å². The topological polar surface area (TPSA) is 29.1 Å². The molecular formula is C17H19NO. The summed E-state index contributed by atoms with van der Waals surface area (Å²) >= 11 is 0. The molecule has 0 spiro atoms. The summed E-state index contributed by atoms with van der Waals surface area (Å²) in [5.74, 6) is 0.